The van der Waals surface area contributed by atoms with Crippen molar-refractivity contribution in [3.8, 4) is 11.5 Å². The molecule has 11 heteroatoms. The summed E-state index contributed by atoms with van der Waals surface area (Å²) in [5.74, 6) is -0.412. The number of nitrogens with one attached hydrogen (secondary N) is 1. The first-order valence-corrected chi connectivity index (χ1v) is 14.3. The van der Waals surface area contributed by atoms with Crippen LogP contribution in [0.25, 0.3) is 0 Å². The van der Waals surface area contributed by atoms with E-state index in [-0.39, 0.29) is 23.0 Å². The van der Waals surface area contributed by atoms with Crippen molar-refractivity contribution in [1.29, 1.82) is 0 Å². The Kier molecular flexibility index (Phi) is 10.5. The molecule has 0 bridgehead atoms. The maximum absolute atomic E-state index is 13.8. The van der Waals surface area contributed by atoms with Crippen molar-refractivity contribution in [1.82, 2.24) is 10.2 Å². The van der Waals surface area contributed by atoms with Gasteiger partial charge in [-0.25, -0.2) is 12.8 Å². The number of hydrogen-bond acceptors (Lipinski definition) is 6. The quantitative estimate of drug-likeness (QED) is 0.333. The van der Waals surface area contributed by atoms with Gasteiger partial charge in [0.05, 0.1) is 24.3 Å². The predicted octanol–water partition coefficient (Wildman–Crippen LogP) is 3.98. The number of halogens is 1. The molecule has 0 aliphatic rings. The molecule has 0 aromatic heterocycles. The van der Waals surface area contributed by atoms with Crippen molar-refractivity contribution in [2.75, 3.05) is 31.1 Å². The van der Waals surface area contributed by atoms with Gasteiger partial charge in [0, 0.05) is 13.1 Å². The minimum atomic E-state index is -4.30. The molecule has 40 heavy (non-hydrogen) atoms. The molecule has 3 aromatic rings. The number of amides is 2. The highest BCUT2D eigenvalue weighted by atomic mass is 32.2. The molecule has 3 aromatic carbocycles. The Morgan fingerprint density at radius 1 is 0.925 bits per heavy atom. The number of benzene rings is 3. The molecule has 3 rings (SSSR count). The summed E-state index contributed by atoms with van der Waals surface area (Å²) in [5.41, 5.74) is 0.926. The van der Waals surface area contributed by atoms with Crippen LogP contribution in [0.3, 0.4) is 0 Å². The van der Waals surface area contributed by atoms with Crippen LogP contribution in [-0.4, -0.2) is 58.0 Å². The zero-order valence-electron chi connectivity index (χ0n) is 23.0. The van der Waals surface area contributed by atoms with Crippen LogP contribution in [0, 0.1) is 5.82 Å². The second-order valence-electron chi connectivity index (χ2n) is 8.83. The second kappa shape index (κ2) is 13.8. The van der Waals surface area contributed by atoms with Crippen molar-refractivity contribution in [2.45, 2.75) is 38.3 Å². The fourth-order valence-corrected chi connectivity index (χ4v) is 5.38. The van der Waals surface area contributed by atoms with Gasteiger partial charge in [-0.05, 0) is 87.0 Å². The molecule has 9 nitrogen and oxygen atoms in total. The first kappa shape index (κ1) is 30.4. The maximum atomic E-state index is 13.8. The third-order valence-electron chi connectivity index (χ3n) is 6.15. The maximum Gasteiger partial charge on any atom is 0.264 e. The Morgan fingerprint density at radius 2 is 1.52 bits per heavy atom. The number of hydrogen-bond donors (Lipinski definition) is 1. The van der Waals surface area contributed by atoms with E-state index in [1.165, 1.54) is 17.0 Å². The predicted molar refractivity (Wildman–Crippen MR) is 150 cm³/mol. The Hall–Kier alpha value is -4.12. The van der Waals surface area contributed by atoms with E-state index >= 15 is 0 Å². The lowest BCUT2D eigenvalue weighted by molar-refractivity contribution is -0.139. The van der Waals surface area contributed by atoms with Gasteiger partial charge in [-0.1, -0.05) is 12.1 Å². The normalized spacial score (nSPS) is 11.8. The van der Waals surface area contributed by atoms with Crippen molar-refractivity contribution in [3.05, 3.63) is 84.2 Å². The number of rotatable bonds is 13. The van der Waals surface area contributed by atoms with E-state index in [1.54, 1.807) is 57.4 Å². The molecule has 2 amide bonds. The van der Waals surface area contributed by atoms with Crippen molar-refractivity contribution < 1.29 is 31.9 Å². The summed E-state index contributed by atoms with van der Waals surface area (Å²) in [7, 11) is -2.76. The van der Waals surface area contributed by atoms with Gasteiger partial charge in [0.1, 0.15) is 29.9 Å². The molecule has 0 aliphatic heterocycles. The lowest BCUT2D eigenvalue weighted by Gasteiger charge is -2.32. The number of nitrogens with zero attached hydrogens (tertiary/aromatic N) is 2. The molecule has 0 aliphatic carbocycles. The van der Waals surface area contributed by atoms with Gasteiger partial charge in [-0.3, -0.25) is 13.9 Å². The van der Waals surface area contributed by atoms with Gasteiger partial charge in [0.15, 0.2) is 0 Å². The monoisotopic (exact) mass is 571 g/mol. The molecule has 1 N–H and O–H groups in total. The number of anilines is 1. The van der Waals surface area contributed by atoms with E-state index in [1.807, 2.05) is 6.92 Å². The smallest absolute Gasteiger partial charge is 0.264 e. The Bertz CT molecular complexity index is 1380. The Morgan fingerprint density at radius 3 is 2.08 bits per heavy atom. The summed E-state index contributed by atoms with van der Waals surface area (Å²) in [6, 6.07) is 16.7. The van der Waals surface area contributed by atoms with E-state index in [9.17, 15) is 22.4 Å². The van der Waals surface area contributed by atoms with Crippen molar-refractivity contribution in [2.24, 2.45) is 0 Å². The molecular weight excluding hydrogens is 537 g/mol. The topological polar surface area (TPSA) is 105 Å². The van der Waals surface area contributed by atoms with Gasteiger partial charge >= 0.3 is 0 Å². The summed E-state index contributed by atoms with van der Waals surface area (Å²) in [4.78, 5) is 27.8. The highest BCUT2D eigenvalue weighted by Crippen LogP contribution is 2.27. The largest absolute Gasteiger partial charge is 0.497 e. The number of carbonyl (C=O) groups excluding carboxylic acids is 2. The molecule has 0 heterocycles. The highest BCUT2D eigenvalue weighted by molar-refractivity contribution is 7.92. The van der Waals surface area contributed by atoms with E-state index in [2.05, 4.69) is 5.32 Å². The molecule has 214 valence electrons. The SMILES string of the molecule is CCNC(=O)[C@H](C)N(Cc1ccc(OC)cc1)C(=O)CN(c1ccc(OCC)cc1)S(=O)(=O)c1ccc(F)cc1. The van der Waals surface area contributed by atoms with Crippen LogP contribution in [0.15, 0.2) is 77.7 Å². The summed E-state index contributed by atoms with van der Waals surface area (Å²) in [5, 5.41) is 2.72. The van der Waals surface area contributed by atoms with Crippen LogP contribution < -0.4 is 19.1 Å². The molecule has 0 radical (unpaired) electrons. The lowest BCUT2D eigenvalue weighted by atomic mass is 10.1. The molecule has 1 atom stereocenters. The summed E-state index contributed by atoms with van der Waals surface area (Å²) in [6.45, 7) is 5.41. The van der Waals surface area contributed by atoms with Gasteiger partial charge < -0.3 is 19.7 Å². The van der Waals surface area contributed by atoms with Gasteiger partial charge in [0.25, 0.3) is 10.0 Å². The third kappa shape index (κ3) is 7.50. The number of ether oxygens (including phenoxy) is 2. The number of likely N-dealkylation sites (N-methyl/N-ethyl adjacent to an activating group) is 1. The number of sulfonamides is 1. The fourth-order valence-electron chi connectivity index (χ4n) is 3.97. The van der Waals surface area contributed by atoms with E-state index in [0.29, 0.717) is 24.7 Å². The Labute approximate surface area is 234 Å². The highest BCUT2D eigenvalue weighted by Gasteiger charge is 2.32. The van der Waals surface area contributed by atoms with Crippen LogP contribution in [-0.2, 0) is 26.2 Å². The second-order valence-corrected chi connectivity index (χ2v) is 10.7. The van der Waals surface area contributed by atoms with Crippen LogP contribution in [0.4, 0.5) is 10.1 Å². The lowest BCUT2D eigenvalue weighted by Crippen LogP contribution is -2.51. The third-order valence-corrected chi connectivity index (χ3v) is 7.93. The van der Waals surface area contributed by atoms with Gasteiger partial charge in [-0.15, -0.1) is 0 Å². The molecular formula is C29H34FN3O6S. The zero-order valence-corrected chi connectivity index (χ0v) is 23.8. The van der Waals surface area contributed by atoms with Crippen molar-refractivity contribution >= 4 is 27.5 Å². The molecule has 0 fully saturated rings. The first-order valence-electron chi connectivity index (χ1n) is 12.8. The number of methoxy groups -OCH3 is 1. The van der Waals surface area contributed by atoms with Crippen LogP contribution >= 0.6 is 0 Å². The molecule has 0 saturated heterocycles. The molecule has 0 spiro atoms. The fraction of sp³-hybridized carbons (Fsp3) is 0.310. The van der Waals surface area contributed by atoms with E-state index < -0.39 is 34.3 Å². The average Bonchev–Trinajstić information content (AvgIpc) is 2.95. The van der Waals surface area contributed by atoms with Crippen LogP contribution in [0.2, 0.25) is 0 Å². The Balaban J connectivity index is 2.02. The number of carbonyl (C=O) groups is 2. The van der Waals surface area contributed by atoms with Crippen molar-refractivity contribution in [3.63, 3.8) is 0 Å². The first-order chi connectivity index (χ1) is 19.1. The van der Waals surface area contributed by atoms with Crippen LogP contribution in [0.1, 0.15) is 26.3 Å². The zero-order chi connectivity index (χ0) is 29.3. The molecule has 0 saturated carbocycles. The average molecular weight is 572 g/mol. The standard InChI is InChI=1S/C29H34FN3O6S/c1-5-31-29(35)21(3)32(19-22-7-13-25(38-4)14-8-22)28(34)20-33(24-11-15-26(16-12-24)39-6-2)40(36,37)27-17-9-23(30)10-18-27/h7-18,21H,5-6,19-20H2,1-4H3,(H,31,35)/t21-/m0/s1. The minimum Gasteiger partial charge on any atom is -0.497 e. The summed E-state index contributed by atoms with van der Waals surface area (Å²) < 4.78 is 52.7. The molecule has 0 unspecified atom stereocenters. The van der Waals surface area contributed by atoms with Gasteiger partial charge in [-0.2, -0.15) is 0 Å². The minimum absolute atomic E-state index is 0.0504. The summed E-state index contributed by atoms with van der Waals surface area (Å²) >= 11 is 0. The van der Waals surface area contributed by atoms with E-state index in [0.717, 1.165) is 34.1 Å². The summed E-state index contributed by atoms with van der Waals surface area (Å²) in [6.07, 6.45) is 0. The van der Waals surface area contributed by atoms with E-state index in [4.69, 9.17) is 9.47 Å². The van der Waals surface area contributed by atoms with Crippen LogP contribution in [0.5, 0.6) is 11.5 Å². The van der Waals surface area contributed by atoms with Gasteiger partial charge in [0.2, 0.25) is 11.8 Å².